The van der Waals surface area contributed by atoms with E-state index in [0.29, 0.717) is 6.42 Å². The highest BCUT2D eigenvalue weighted by Gasteiger charge is 2.18. The molecule has 0 N–H and O–H groups in total. The topological polar surface area (TPSA) is 25.2 Å². The van der Waals surface area contributed by atoms with Gasteiger partial charge in [0.05, 0.1) is 6.54 Å². The highest BCUT2D eigenvalue weighted by atomic mass is 19.1. The van der Waals surface area contributed by atoms with Gasteiger partial charge in [-0.05, 0) is 67.2 Å². The molecule has 0 bridgehead atoms. The van der Waals surface area contributed by atoms with Crippen LogP contribution < -0.4 is 0 Å². The average Bonchev–Trinajstić information content (AvgIpc) is 2.95. The summed E-state index contributed by atoms with van der Waals surface area (Å²) in [5.74, 6) is -0.162. The number of halogens is 1. The molecule has 26 heavy (non-hydrogen) atoms. The number of aryl methyl sites for hydroxylation is 2. The lowest BCUT2D eigenvalue weighted by Gasteiger charge is -2.15. The molecular weight excluding hydrogens is 323 g/mol. The van der Waals surface area contributed by atoms with Crippen molar-refractivity contribution in [2.45, 2.75) is 40.5 Å². The van der Waals surface area contributed by atoms with Gasteiger partial charge < -0.3 is 0 Å². The third kappa shape index (κ3) is 3.39. The molecule has 0 saturated carbocycles. The lowest BCUT2D eigenvalue weighted by molar-refractivity contribution is 0.612. The van der Waals surface area contributed by atoms with Crippen molar-refractivity contribution < 1.29 is 4.39 Å². The van der Waals surface area contributed by atoms with Crippen LogP contribution in [0.3, 0.4) is 0 Å². The zero-order chi connectivity index (χ0) is 18.8. The van der Waals surface area contributed by atoms with E-state index < -0.39 is 0 Å². The van der Waals surface area contributed by atoms with E-state index in [1.807, 2.05) is 33.0 Å². The maximum atomic E-state index is 14.4. The minimum absolute atomic E-state index is 0.162. The molecular formula is C23H25FN2. The summed E-state index contributed by atoms with van der Waals surface area (Å²) in [7, 11) is 0. The zero-order valence-corrected chi connectivity index (χ0v) is 16.0. The van der Waals surface area contributed by atoms with Crippen LogP contribution in [0.4, 0.5) is 4.39 Å². The summed E-state index contributed by atoms with van der Waals surface area (Å²) in [6.45, 7) is 13.2. The van der Waals surface area contributed by atoms with Gasteiger partial charge in [0.1, 0.15) is 5.82 Å². The van der Waals surface area contributed by atoms with E-state index >= 15 is 0 Å². The Kier molecular flexibility index (Phi) is 5.17. The van der Waals surface area contributed by atoms with Crippen molar-refractivity contribution in [1.82, 2.24) is 4.98 Å². The van der Waals surface area contributed by atoms with Crippen LogP contribution in [-0.4, -0.2) is 17.2 Å². The highest BCUT2D eigenvalue weighted by molar-refractivity contribution is 6.25. The number of aromatic nitrogens is 1. The Bertz CT molecular complexity index is 935. The molecule has 0 unspecified atom stereocenters. The van der Waals surface area contributed by atoms with Crippen molar-refractivity contribution in [3.05, 3.63) is 76.4 Å². The molecule has 1 aromatic heterocycles. The van der Waals surface area contributed by atoms with Crippen LogP contribution >= 0.6 is 0 Å². The fourth-order valence-corrected chi connectivity index (χ4v) is 3.63. The molecule has 0 spiro atoms. The molecule has 134 valence electrons. The van der Waals surface area contributed by atoms with Crippen LogP contribution in [0.5, 0.6) is 0 Å². The smallest absolute Gasteiger partial charge is 0.127 e. The van der Waals surface area contributed by atoms with Crippen LogP contribution in [0.1, 0.15) is 48.7 Å². The van der Waals surface area contributed by atoms with E-state index in [0.717, 1.165) is 52.2 Å². The van der Waals surface area contributed by atoms with Gasteiger partial charge in [0.15, 0.2) is 0 Å². The van der Waals surface area contributed by atoms with Gasteiger partial charge in [0.25, 0.3) is 0 Å². The molecule has 2 nitrogen and oxygen atoms in total. The minimum Gasteiger partial charge on any atom is -0.285 e. The van der Waals surface area contributed by atoms with Gasteiger partial charge in [-0.15, -0.1) is 0 Å². The van der Waals surface area contributed by atoms with E-state index in [9.17, 15) is 4.39 Å². The molecule has 0 fully saturated rings. The van der Waals surface area contributed by atoms with Gasteiger partial charge in [-0.2, -0.15) is 0 Å². The summed E-state index contributed by atoms with van der Waals surface area (Å²) in [5.41, 5.74) is 9.11. The second-order valence-corrected chi connectivity index (χ2v) is 6.93. The molecule has 0 radical (unpaired) electrons. The van der Waals surface area contributed by atoms with Crippen molar-refractivity contribution in [1.29, 1.82) is 0 Å². The Labute approximate surface area is 155 Å². The van der Waals surface area contributed by atoms with Crippen molar-refractivity contribution in [3.8, 4) is 0 Å². The summed E-state index contributed by atoms with van der Waals surface area (Å²) in [6, 6.07) is 7.40. The maximum absolute atomic E-state index is 14.4. The second kappa shape index (κ2) is 7.36. The Morgan fingerprint density at radius 3 is 2.65 bits per heavy atom. The zero-order valence-electron chi connectivity index (χ0n) is 16.0. The summed E-state index contributed by atoms with van der Waals surface area (Å²) in [4.78, 5) is 9.09. The number of hydrogen-bond donors (Lipinski definition) is 0. The van der Waals surface area contributed by atoms with Gasteiger partial charge in [-0.25, -0.2) is 4.39 Å². The molecule has 1 aliphatic heterocycles. The Balaban J connectivity index is 1.98. The highest BCUT2D eigenvalue weighted by Crippen LogP contribution is 2.30. The van der Waals surface area contributed by atoms with E-state index in [2.05, 4.69) is 29.5 Å². The number of aliphatic imine (C=N–C) groups is 1. The van der Waals surface area contributed by atoms with E-state index in [1.165, 1.54) is 17.2 Å². The summed E-state index contributed by atoms with van der Waals surface area (Å²) in [5, 5.41) is 0. The van der Waals surface area contributed by atoms with Gasteiger partial charge >= 0.3 is 0 Å². The number of benzene rings is 1. The predicted molar refractivity (Wildman–Crippen MR) is 108 cm³/mol. The second-order valence-electron chi connectivity index (χ2n) is 6.93. The summed E-state index contributed by atoms with van der Waals surface area (Å²) in [6.07, 6.45) is 3.20. The van der Waals surface area contributed by atoms with Gasteiger partial charge in [-0.3, -0.25) is 9.98 Å². The fraction of sp³-hybridized carbons (Fsp3) is 0.304. The number of pyridine rings is 1. The third-order valence-electron chi connectivity index (χ3n) is 5.09. The third-order valence-corrected chi connectivity index (χ3v) is 5.09. The first-order valence-corrected chi connectivity index (χ1v) is 9.05. The van der Waals surface area contributed by atoms with Gasteiger partial charge in [0, 0.05) is 35.2 Å². The largest absolute Gasteiger partial charge is 0.285 e. The van der Waals surface area contributed by atoms with Crippen molar-refractivity contribution >= 4 is 16.9 Å². The summed E-state index contributed by atoms with van der Waals surface area (Å²) < 4.78 is 14.4. The molecule has 0 atom stereocenters. The van der Waals surface area contributed by atoms with Crippen LogP contribution in [0.15, 0.2) is 47.6 Å². The van der Waals surface area contributed by atoms with Crippen LogP contribution in [-0.2, 0) is 12.8 Å². The molecule has 1 aliphatic rings. The molecule has 3 heteroatoms. The first-order valence-electron chi connectivity index (χ1n) is 9.05. The molecule has 0 amide bonds. The van der Waals surface area contributed by atoms with Crippen molar-refractivity contribution in [2.75, 3.05) is 6.54 Å². The molecule has 2 aromatic rings. The fourth-order valence-electron chi connectivity index (χ4n) is 3.63. The van der Waals surface area contributed by atoms with Crippen LogP contribution in [0, 0.1) is 12.7 Å². The summed E-state index contributed by atoms with van der Waals surface area (Å²) >= 11 is 0. The average molecular weight is 348 g/mol. The quantitative estimate of drug-likeness (QED) is 0.691. The van der Waals surface area contributed by atoms with Gasteiger partial charge in [0.2, 0.25) is 0 Å². The van der Waals surface area contributed by atoms with E-state index in [-0.39, 0.29) is 5.82 Å². The lowest BCUT2D eigenvalue weighted by atomic mass is 9.92. The van der Waals surface area contributed by atoms with Crippen molar-refractivity contribution in [2.24, 2.45) is 4.99 Å². The standard InChI is InChI=1S/C23H25FN2/c1-6-18-8-7-9-22(24)21(18)10-14(2)20-11-19(13-26-16(20)4)23-15(3)12-25-17(23)5/h7-9,11,13H,2,6,10,12H2,1,3-5H3. The Morgan fingerprint density at radius 1 is 1.23 bits per heavy atom. The van der Waals surface area contributed by atoms with Gasteiger partial charge in [-0.1, -0.05) is 25.6 Å². The lowest BCUT2D eigenvalue weighted by Crippen LogP contribution is -2.03. The van der Waals surface area contributed by atoms with E-state index in [1.54, 1.807) is 6.07 Å². The first-order chi connectivity index (χ1) is 12.4. The normalized spacial score (nSPS) is 14.0. The monoisotopic (exact) mass is 348 g/mol. The molecule has 0 saturated heterocycles. The Morgan fingerprint density at radius 2 is 2.00 bits per heavy atom. The number of nitrogens with zero attached hydrogens (tertiary/aromatic N) is 2. The SMILES string of the molecule is C=C(Cc1c(F)cccc1CC)c1cc(C2=C(C)CN=C2C)cnc1C. The van der Waals surface area contributed by atoms with Crippen LogP contribution in [0.2, 0.25) is 0 Å². The first kappa shape index (κ1) is 18.2. The van der Waals surface area contributed by atoms with E-state index in [4.69, 9.17) is 0 Å². The number of allylic oxidation sites excluding steroid dienone is 2. The predicted octanol–water partition coefficient (Wildman–Crippen LogP) is 5.60. The maximum Gasteiger partial charge on any atom is 0.127 e. The number of hydrogen-bond acceptors (Lipinski definition) is 2. The van der Waals surface area contributed by atoms with Crippen molar-refractivity contribution in [3.63, 3.8) is 0 Å². The molecule has 2 heterocycles. The van der Waals surface area contributed by atoms with Crippen LogP contribution in [0.25, 0.3) is 11.1 Å². The Hall–Kier alpha value is -2.55. The number of rotatable bonds is 5. The molecule has 0 aliphatic carbocycles. The molecule has 3 rings (SSSR count). The molecule has 1 aromatic carbocycles. The minimum atomic E-state index is -0.162.